The van der Waals surface area contributed by atoms with Gasteiger partial charge in [-0.15, -0.1) is 0 Å². The van der Waals surface area contributed by atoms with Crippen molar-refractivity contribution in [3.05, 3.63) is 120 Å². The lowest BCUT2D eigenvalue weighted by Gasteiger charge is -2.19. The largest absolute Gasteiger partial charge is 0.497 e. The lowest BCUT2D eigenvalue weighted by molar-refractivity contribution is 0.415. The number of para-hydroxylation sites is 2. The smallest absolute Gasteiger partial charge is 0.119 e. The van der Waals surface area contributed by atoms with Gasteiger partial charge in [-0.2, -0.15) is 0 Å². The molecule has 5 nitrogen and oxygen atoms in total. The van der Waals surface area contributed by atoms with E-state index in [0.717, 1.165) is 46.7 Å². The molecule has 3 N–H and O–H groups in total. The molecule has 2 aromatic heterocycles. The van der Waals surface area contributed by atoms with E-state index in [1.54, 1.807) is 14.2 Å². The number of H-pyrrole nitrogens is 2. The Bertz CT molecular complexity index is 1600. The first-order chi connectivity index (χ1) is 18.7. The van der Waals surface area contributed by atoms with Gasteiger partial charge in [-0.3, -0.25) is 0 Å². The van der Waals surface area contributed by atoms with Gasteiger partial charge in [0.05, 0.1) is 14.2 Å². The topological polar surface area (TPSA) is 62.1 Å². The second-order valence-corrected chi connectivity index (χ2v) is 9.55. The van der Waals surface area contributed by atoms with E-state index in [0.29, 0.717) is 0 Å². The molecule has 38 heavy (non-hydrogen) atoms. The van der Waals surface area contributed by atoms with Gasteiger partial charge in [0.25, 0.3) is 0 Å². The summed E-state index contributed by atoms with van der Waals surface area (Å²) in [6.45, 7) is 0. The summed E-state index contributed by atoms with van der Waals surface area (Å²) in [6, 6.07) is 31.4. The van der Waals surface area contributed by atoms with Gasteiger partial charge in [0, 0.05) is 51.5 Å². The Labute approximate surface area is 222 Å². The van der Waals surface area contributed by atoms with E-state index in [1.165, 1.54) is 27.5 Å². The first-order valence-corrected chi connectivity index (χ1v) is 12.9. The normalized spacial score (nSPS) is 11.3. The second kappa shape index (κ2) is 10.4. The maximum absolute atomic E-state index is 5.57. The lowest BCUT2D eigenvalue weighted by atomic mass is 9.85. The Hall–Kier alpha value is -4.64. The van der Waals surface area contributed by atoms with E-state index in [4.69, 9.17) is 9.47 Å². The van der Waals surface area contributed by atoms with E-state index >= 15 is 0 Å². The van der Waals surface area contributed by atoms with Crippen LogP contribution in [0, 0.1) is 0 Å². The first kappa shape index (κ1) is 23.7. The van der Waals surface area contributed by atoms with Crippen LogP contribution < -0.4 is 14.8 Å². The summed E-state index contributed by atoms with van der Waals surface area (Å²) in [5, 5.41) is 5.98. The number of rotatable bonds is 9. The van der Waals surface area contributed by atoms with Crippen molar-refractivity contribution in [1.29, 1.82) is 0 Å². The van der Waals surface area contributed by atoms with E-state index < -0.39 is 0 Å². The summed E-state index contributed by atoms with van der Waals surface area (Å²) < 4.78 is 11.1. The Balaban J connectivity index is 1.41. The van der Waals surface area contributed by atoms with Crippen LogP contribution in [0.5, 0.6) is 11.5 Å². The highest BCUT2D eigenvalue weighted by atomic mass is 16.5. The van der Waals surface area contributed by atoms with Gasteiger partial charge in [0.15, 0.2) is 0 Å². The zero-order valence-electron chi connectivity index (χ0n) is 21.6. The third-order valence-electron chi connectivity index (χ3n) is 7.37. The molecule has 4 aromatic carbocycles. The van der Waals surface area contributed by atoms with Crippen LogP contribution in [-0.2, 0) is 6.42 Å². The van der Waals surface area contributed by atoms with Crippen LogP contribution in [0.3, 0.4) is 0 Å². The number of aromatic nitrogens is 2. The molecular formula is C33H31N3O2. The van der Waals surface area contributed by atoms with Crippen LogP contribution in [-0.4, -0.2) is 24.2 Å². The van der Waals surface area contributed by atoms with Gasteiger partial charge < -0.3 is 24.8 Å². The highest BCUT2D eigenvalue weighted by molar-refractivity contribution is 5.89. The van der Waals surface area contributed by atoms with Crippen LogP contribution in [0.25, 0.3) is 21.8 Å². The highest BCUT2D eigenvalue weighted by Gasteiger charge is 2.22. The van der Waals surface area contributed by atoms with E-state index in [1.807, 2.05) is 18.2 Å². The molecule has 0 amide bonds. The minimum absolute atomic E-state index is 0.154. The predicted molar refractivity (Wildman–Crippen MR) is 156 cm³/mol. The molecule has 0 radical (unpaired) electrons. The Kier molecular flexibility index (Phi) is 6.49. The number of anilines is 2. The maximum Gasteiger partial charge on any atom is 0.119 e. The SMILES string of the molecule is COc1ccc2[nH]cc(C(CCc3ccccc3Nc3ccccc3)c3c[nH]c4ccc(OC)cc34)c2c1. The number of aromatic amines is 2. The highest BCUT2D eigenvalue weighted by Crippen LogP contribution is 2.40. The van der Waals surface area contributed by atoms with E-state index in [2.05, 4.69) is 100 Å². The number of hydrogen-bond acceptors (Lipinski definition) is 3. The van der Waals surface area contributed by atoms with Crippen molar-refractivity contribution in [1.82, 2.24) is 9.97 Å². The van der Waals surface area contributed by atoms with Crippen molar-refractivity contribution in [3.8, 4) is 11.5 Å². The van der Waals surface area contributed by atoms with Gasteiger partial charge in [-0.05, 0) is 84.1 Å². The molecule has 0 unspecified atom stereocenters. The number of nitrogens with one attached hydrogen (secondary N) is 3. The summed E-state index contributed by atoms with van der Waals surface area (Å²) in [7, 11) is 3.43. The summed E-state index contributed by atoms with van der Waals surface area (Å²) >= 11 is 0. The molecule has 0 fully saturated rings. The molecule has 0 saturated heterocycles. The van der Waals surface area contributed by atoms with Gasteiger partial charge in [0.1, 0.15) is 11.5 Å². The minimum Gasteiger partial charge on any atom is -0.497 e. The fraction of sp³-hybridized carbons (Fsp3) is 0.152. The molecule has 0 aliphatic rings. The van der Waals surface area contributed by atoms with Crippen molar-refractivity contribution < 1.29 is 9.47 Å². The van der Waals surface area contributed by atoms with E-state index in [9.17, 15) is 0 Å². The van der Waals surface area contributed by atoms with Crippen LogP contribution in [0.1, 0.15) is 29.0 Å². The number of methoxy groups -OCH3 is 2. The fourth-order valence-electron chi connectivity index (χ4n) is 5.39. The zero-order chi connectivity index (χ0) is 25.9. The van der Waals surface area contributed by atoms with Crippen molar-refractivity contribution in [2.45, 2.75) is 18.8 Å². The van der Waals surface area contributed by atoms with Gasteiger partial charge >= 0.3 is 0 Å². The van der Waals surface area contributed by atoms with Gasteiger partial charge in [-0.1, -0.05) is 36.4 Å². The van der Waals surface area contributed by atoms with Gasteiger partial charge in [0.2, 0.25) is 0 Å². The summed E-state index contributed by atoms with van der Waals surface area (Å²) in [5.74, 6) is 1.87. The number of benzene rings is 4. The number of ether oxygens (including phenoxy) is 2. The summed E-state index contributed by atoms with van der Waals surface area (Å²) in [4.78, 5) is 6.98. The number of fused-ring (bicyclic) bond motifs is 2. The molecular weight excluding hydrogens is 470 g/mol. The molecule has 0 spiro atoms. The minimum atomic E-state index is 0.154. The van der Waals surface area contributed by atoms with Gasteiger partial charge in [-0.25, -0.2) is 0 Å². The Morgan fingerprint density at radius 1 is 0.684 bits per heavy atom. The third-order valence-corrected chi connectivity index (χ3v) is 7.37. The number of aryl methyl sites for hydroxylation is 1. The fourth-order valence-corrected chi connectivity index (χ4v) is 5.39. The molecule has 0 atom stereocenters. The van der Waals surface area contributed by atoms with Crippen LogP contribution in [0.4, 0.5) is 11.4 Å². The lowest BCUT2D eigenvalue weighted by Crippen LogP contribution is -2.04. The zero-order valence-corrected chi connectivity index (χ0v) is 21.6. The van der Waals surface area contributed by atoms with Crippen LogP contribution in [0.15, 0.2) is 103 Å². The monoisotopic (exact) mass is 501 g/mol. The third kappa shape index (κ3) is 4.59. The quantitative estimate of drug-likeness (QED) is 0.187. The van der Waals surface area contributed by atoms with E-state index in [-0.39, 0.29) is 5.92 Å². The predicted octanol–water partition coefficient (Wildman–Crippen LogP) is 8.17. The number of hydrogen-bond donors (Lipinski definition) is 3. The summed E-state index contributed by atoms with van der Waals surface area (Å²) in [5.41, 5.74) is 8.25. The molecule has 190 valence electrons. The molecule has 6 aromatic rings. The molecule has 6 rings (SSSR count). The van der Waals surface area contributed by atoms with Crippen molar-refractivity contribution in [2.75, 3.05) is 19.5 Å². The molecule has 0 saturated carbocycles. The molecule has 2 heterocycles. The maximum atomic E-state index is 5.57. The average molecular weight is 502 g/mol. The summed E-state index contributed by atoms with van der Waals surface area (Å²) in [6.07, 6.45) is 6.15. The van der Waals surface area contributed by atoms with Crippen LogP contribution >= 0.6 is 0 Å². The molecule has 0 bridgehead atoms. The average Bonchev–Trinajstić information content (AvgIpc) is 3.58. The molecule has 0 aliphatic heterocycles. The Morgan fingerprint density at radius 2 is 1.26 bits per heavy atom. The van der Waals surface area contributed by atoms with Crippen LogP contribution in [0.2, 0.25) is 0 Å². The van der Waals surface area contributed by atoms with Crippen molar-refractivity contribution >= 4 is 33.2 Å². The first-order valence-electron chi connectivity index (χ1n) is 12.9. The van der Waals surface area contributed by atoms with Crippen molar-refractivity contribution in [2.24, 2.45) is 0 Å². The second-order valence-electron chi connectivity index (χ2n) is 9.55. The van der Waals surface area contributed by atoms with Crippen molar-refractivity contribution in [3.63, 3.8) is 0 Å². The molecule has 0 aliphatic carbocycles. The molecule has 5 heteroatoms. The standard InChI is InChI=1S/C33H31N3O2/c1-37-24-13-16-32-27(18-24)29(20-34-32)26(30-21-35-33-17-14-25(38-2)19-28(30)33)15-12-22-8-6-7-11-31(22)36-23-9-4-3-5-10-23/h3-11,13-14,16-21,26,34-36H,12,15H2,1-2H3. The Morgan fingerprint density at radius 3 is 1.87 bits per heavy atom.